The molecule has 2 amide bonds. The minimum Gasteiger partial charge on any atom is -0.376 e. The lowest BCUT2D eigenvalue weighted by atomic mass is 10.2. The summed E-state index contributed by atoms with van der Waals surface area (Å²) in [5.74, 6) is -0.354. The molecule has 0 heterocycles. The fourth-order valence-corrected chi connectivity index (χ4v) is 2.15. The topological polar surface area (TPSA) is 70.2 Å². The quantitative estimate of drug-likeness (QED) is 0.783. The monoisotopic (exact) mass is 331 g/mol. The summed E-state index contributed by atoms with van der Waals surface area (Å²) in [5.41, 5.74) is 3.01. The molecule has 5 nitrogen and oxygen atoms in total. The molecule has 0 spiro atoms. The zero-order chi connectivity index (χ0) is 16.8. The van der Waals surface area contributed by atoms with Gasteiger partial charge >= 0.3 is 0 Å². The lowest BCUT2D eigenvalue weighted by molar-refractivity contribution is -0.115. The first kappa shape index (κ1) is 16.8. The molecule has 0 aliphatic rings. The van der Waals surface area contributed by atoms with Crippen LogP contribution in [0.5, 0.6) is 0 Å². The van der Waals surface area contributed by atoms with Crippen LogP contribution in [0.25, 0.3) is 0 Å². The number of benzene rings is 2. The Balaban J connectivity index is 1.91. The van der Waals surface area contributed by atoms with E-state index in [0.717, 1.165) is 11.3 Å². The Bertz CT molecular complexity index is 732. The number of carbonyl (C=O) groups excluding carboxylic acids is 2. The number of amides is 2. The maximum Gasteiger partial charge on any atom is 0.243 e. The summed E-state index contributed by atoms with van der Waals surface area (Å²) < 4.78 is 0. The lowest BCUT2D eigenvalue weighted by Gasteiger charge is -2.10. The van der Waals surface area contributed by atoms with Gasteiger partial charge in [-0.3, -0.25) is 9.59 Å². The summed E-state index contributed by atoms with van der Waals surface area (Å²) in [6.45, 7) is 3.46. The van der Waals surface area contributed by atoms with Crippen molar-refractivity contribution in [3.05, 3.63) is 53.1 Å². The predicted molar refractivity (Wildman–Crippen MR) is 94.1 cm³/mol. The summed E-state index contributed by atoms with van der Waals surface area (Å²) in [7, 11) is 0. The summed E-state index contributed by atoms with van der Waals surface area (Å²) in [6.07, 6.45) is 0. The summed E-state index contributed by atoms with van der Waals surface area (Å²) in [4.78, 5) is 23.0. The largest absolute Gasteiger partial charge is 0.376 e. The summed E-state index contributed by atoms with van der Waals surface area (Å²) >= 11 is 6.04. The zero-order valence-corrected chi connectivity index (χ0v) is 13.7. The minimum absolute atomic E-state index is 0.115. The number of rotatable bonds is 5. The van der Waals surface area contributed by atoms with Gasteiger partial charge < -0.3 is 16.0 Å². The van der Waals surface area contributed by atoms with Gasteiger partial charge in [0.2, 0.25) is 11.8 Å². The van der Waals surface area contributed by atoms with E-state index in [4.69, 9.17) is 11.6 Å². The second kappa shape index (κ2) is 7.65. The highest BCUT2D eigenvalue weighted by atomic mass is 35.5. The minimum atomic E-state index is -0.193. The highest BCUT2D eigenvalue weighted by Crippen LogP contribution is 2.20. The van der Waals surface area contributed by atoms with Gasteiger partial charge in [-0.1, -0.05) is 23.7 Å². The third kappa shape index (κ3) is 5.30. The van der Waals surface area contributed by atoms with Crippen molar-refractivity contribution in [3.8, 4) is 0 Å². The Kier molecular flexibility index (Phi) is 5.60. The van der Waals surface area contributed by atoms with Crippen molar-refractivity contribution in [3.63, 3.8) is 0 Å². The molecule has 23 heavy (non-hydrogen) atoms. The third-order valence-electron chi connectivity index (χ3n) is 3.09. The van der Waals surface area contributed by atoms with E-state index < -0.39 is 0 Å². The van der Waals surface area contributed by atoms with Gasteiger partial charge in [-0.25, -0.2) is 0 Å². The molecule has 6 heteroatoms. The molecular formula is C17H18ClN3O2. The highest BCUT2D eigenvalue weighted by molar-refractivity contribution is 6.31. The predicted octanol–water partition coefficient (Wildman–Crippen LogP) is 3.66. The average molecular weight is 332 g/mol. The summed E-state index contributed by atoms with van der Waals surface area (Å²) in [6, 6.07) is 12.5. The molecule has 2 rings (SSSR count). The van der Waals surface area contributed by atoms with Gasteiger partial charge in [-0.05, 0) is 42.8 Å². The van der Waals surface area contributed by atoms with E-state index >= 15 is 0 Å². The number of hydrogen-bond acceptors (Lipinski definition) is 3. The van der Waals surface area contributed by atoms with Crippen LogP contribution in [-0.4, -0.2) is 18.4 Å². The Morgan fingerprint density at radius 3 is 2.35 bits per heavy atom. The Morgan fingerprint density at radius 2 is 1.70 bits per heavy atom. The van der Waals surface area contributed by atoms with E-state index in [0.29, 0.717) is 16.4 Å². The first-order chi connectivity index (χ1) is 10.9. The van der Waals surface area contributed by atoms with Crippen LogP contribution in [0.3, 0.4) is 0 Å². The first-order valence-corrected chi connectivity index (χ1v) is 7.49. The normalized spacial score (nSPS) is 10.0. The Morgan fingerprint density at radius 1 is 1.00 bits per heavy atom. The van der Waals surface area contributed by atoms with Crippen LogP contribution in [0, 0.1) is 6.92 Å². The molecule has 0 fully saturated rings. The molecule has 3 N–H and O–H groups in total. The Labute approximate surface area is 140 Å². The van der Waals surface area contributed by atoms with Gasteiger partial charge in [0.25, 0.3) is 0 Å². The lowest BCUT2D eigenvalue weighted by Crippen LogP contribution is -2.21. The van der Waals surface area contributed by atoms with Crippen LogP contribution in [0.15, 0.2) is 42.5 Å². The molecule has 2 aromatic rings. The van der Waals surface area contributed by atoms with E-state index in [2.05, 4.69) is 16.0 Å². The van der Waals surface area contributed by atoms with Crippen LogP contribution in [0.1, 0.15) is 12.5 Å². The van der Waals surface area contributed by atoms with Crippen molar-refractivity contribution in [2.45, 2.75) is 13.8 Å². The van der Waals surface area contributed by atoms with Crippen LogP contribution in [0.4, 0.5) is 17.1 Å². The van der Waals surface area contributed by atoms with Crippen LogP contribution < -0.4 is 16.0 Å². The second-order valence-corrected chi connectivity index (χ2v) is 5.53. The molecular weight excluding hydrogens is 314 g/mol. The SMILES string of the molecule is CC(=O)Nc1cccc(NC(=O)CNc2ccc(C)c(Cl)c2)c1. The van der Waals surface area contributed by atoms with Gasteiger partial charge in [-0.15, -0.1) is 0 Å². The fraction of sp³-hybridized carbons (Fsp3) is 0.176. The third-order valence-corrected chi connectivity index (χ3v) is 3.50. The van der Waals surface area contributed by atoms with Gasteiger partial charge in [0.15, 0.2) is 0 Å². The van der Waals surface area contributed by atoms with Crippen molar-refractivity contribution < 1.29 is 9.59 Å². The Hall–Kier alpha value is -2.53. The molecule has 0 radical (unpaired) electrons. The second-order valence-electron chi connectivity index (χ2n) is 5.13. The first-order valence-electron chi connectivity index (χ1n) is 7.11. The number of nitrogens with one attached hydrogen (secondary N) is 3. The molecule has 0 saturated carbocycles. The molecule has 0 atom stereocenters. The van der Waals surface area contributed by atoms with Gasteiger partial charge in [0.1, 0.15) is 0 Å². The van der Waals surface area contributed by atoms with E-state index in [1.807, 2.05) is 19.1 Å². The van der Waals surface area contributed by atoms with E-state index in [9.17, 15) is 9.59 Å². The van der Waals surface area contributed by atoms with Crippen molar-refractivity contribution in [1.82, 2.24) is 0 Å². The molecule has 0 saturated heterocycles. The van der Waals surface area contributed by atoms with E-state index in [-0.39, 0.29) is 18.4 Å². The molecule has 120 valence electrons. The van der Waals surface area contributed by atoms with Crippen molar-refractivity contribution in [2.24, 2.45) is 0 Å². The van der Waals surface area contributed by atoms with Crippen molar-refractivity contribution >= 4 is 40.5 Å². The van der Waals surface area contributed by atoms with Crippen LogP contribution in [0.2, 0.25) is 5.02 Å². The number of carbonyl (C=O) groups is 2. The van der Waals surface area contributed by atoms with Gasteiger partial charge in [0, 0.05) is 29.0 Å². The molecule has 0 aromatic heterocycles. The van der Waals surface area contributed by atoms with Crippen LogP contribution in [-0.2, 0) is 9.59 Å². The van der Waals surface area contributed by atoms with E-state index in [1.165, 1.54) is 6.92 Å². The van der Waals surface area contributed by atoms with Crippen molar-refractivity contribution in [2.75, 3.05) is 22.5 Å². The standard InChI is InChI=1S/C17H18ClN3O2/c1-11-6-7-13(9-16(11)18)19-10-17(23)21-15-5-3-4-14(8-15)20-12(2)22/h3-9,19H,10H2,1-2H3,(H,20,22)(H,21,23). The number of halogens is 1. The van der Waals surface area contributed by atoms with Gasteiger partial charge in [0.05, 0.1) is 6.54 Å². The average Bonchev–Trinajstić information content (AvgIpc) is 2.48. The molecule has 0 unspecified atom stereocenters. The maximum atomic E-state index is 12.0. The van der Waals surface area contributed by atoms with Crippen LogP contribution >= 0.6 is 11.6 Å². The zero-order valence-electron chi connectivity index (χ0n) is 12.9. The number of aryl methyl sites for hydroxylation is 1. The number of hydrogen-bond donors (Lipinski definition) is 3. The van der Waals surface area contributed by atoms with E-state index in [1.54, 1.807) is 30.3 Å². The van der Waals surface area contributed by atoms with Crippen molar-refractivity contribution in [1.29, 1.82) is 0 Å². The maximum absolute atomic E-state index is 12.0. The fourth-order valence-electron chi connectivity index (χ4n) is 1.97. The molecule has 0 aliphatic heterocycles. The molecule has 0 bridgehead atoms. The smallest absolute Gasteiger partial charge is 0.243 e. The molecule has 2 aromatic carbocycles. The van der Waals surface area contributed by atoms with Gasteiger partial charge in [-0.2, -0.15) is 0 Å². The number of anilines is 3. The molecule has 0 aliphatic carbocycles. The summed E-state index contributed by atoms with van der Waals surface area (Å²) in [5, 5.41) is 9.10. The highest BCUT2D eigenvalue weighted by Gasteiger charge is 2.04.